The second kappa shape index (κ2) is 8.39. The van der Waals surface area contributed by atoms with Crippen LogP contribution in [0.5, 0.6) is 11.5 Å². The smallest absolute Gasteiger partial charge is 0.310 e. The van der Waals surface area contributed by atoms with Gasteiger partial charge in [-0.1, -0.05) is 0 Å². The summed E-state index contributed by atoms with van der Waals surface area (Å²) in [6.45, 7) is 7.13. The third-order valence-electron chi connectivity index (χ3n) is 5.75. The summed E-state index contributed by atoms with van der Waals surface area (Å²) in [7, 11) is 3.32. The second-order valence-corrected chi connectivity index (χ2v) is 9.28. The maximum Gasteiger partial charge on any atom is 0.310 e. The van der Waals surface area contributed by atoms with Crippen molar-refractivity contribution in [2.45, 2.75) is 13.8 Å². The van der Waals surface area contributed by atoms with Crippen molar-refractivity contribution in [3.8, 4) is 11.5 Å². The Balaban J connectivity index is 1.64. The van der Waals surface area contributed by atoms with Crippen LogP contribution >= 0.6 is 11.3 Å². The quantitative estimate of drug-likeness (QED) is 0.728. The first-order chi connectivity index (χ1) is 14.8. The number of aliphatic carboxylic acids is 1. The molecule has 2 aromatic rings. The Kier molecular flexibility index (Phi) is 5.81. The van der Waals surface area contributed by atoms with Crippen LogP contribution < -0.4 is 14.8 Å². The number of hydrogen-bond acceptors (Lipinski definition) is 8. The highest BCUT2D eigenvalue weighted by atomic mass is 32.1. The van der Waals surface area contributed by atoms with E-state index in [2.05, 4.69) is 15.1 Å². The van der Waals surface area contributed by atoms with Crippen LogP contribution in [0.25, 0.3) is 0 Å². The van der Waals surface area contributed by atoms with Gasteiger partial charge in [-0.3, -0.25) is 9.69 Å². The molecule has 0 saturated carbocycles. The van der Waals surface area contributed by atoms with E-state index in [1.807, 2.05) is 23.6 Å². The predicted octanol–water partition coefficient (Wildman–Crippen LogP) is 3.63. The highest BCUT2D eigenvalue weighted by Gasteiger charge is 2.33. The fraction of sp³-hybridized carbons (Fsp3) is 0.455. The summed E-state index contributed by atoms with van der Waals surface area (Å²) in [5.41, 5.74) is 1.92. The van der Waals surface area contributed by atoms with E-state index in [4.69, 9.17) is 14.5 Å². The first-order valence-electron chi connectivity index (χ1n) is 10.2. The Hall–Kier alpha value is -2.78. The number of ether oxygens (including phenoxy) is 2. The number of carboxylic acids is 1. The average molecular weight is 445 g/mol. The van der Waals surface area contributed by atoms with Gasteiger partial charge in [-0.05, 0) is 26.0 Å². The lowest BCUT2D eigenvalue weighted by atomic mass is 9.93. The lowest BCUT2D eigenvalue weighted by molar-refractivity contribution is -0.148. The van der Waals surface area contributed by atoms with Gasteiger partial charge in [-0.2, -0.15) is 0 Å². The van der Waals surface area contributed by atoms with Gasteiger partial charge in [0, 0.05) is 44.2 Å². The number of anilines is 2. The van der Waals surface area contributed by atoms with Gasteiger partial charge in [0.15, 0.2) is 0 Å². The standard InChI is InChI=1S/C22H28N4O4S/c1-22(2,21(27)28)13-25-7-9-26(10-8-25)19-18-17(30-4)12-31-20(18)24-15-6-5-14(29-3)11-16(15)23-19/h5-6,11-12,24H,7-10,13H2,1-4H3,(H,27,28). The van der Waals surface area contributed by atoms with Crippen LogP contribution in [-0.4, -0.2) is 73.7 Å². The summed E-state index contributed by atoms with van der Waals surface area (Å²) < 4.78 is 11.0. The van der Waals surface area contributed by atoms with Gasteiger partial charge >= 0.3 is 5.97 Å². The topological polar surface area (TPSA) is 86.6 Å². The molecule has 0 spiro atoms. The van der Waals surface area contributed by atoms with Gasteiger partial charge in [-0.15, -0.1) is 11.3 Å². The molecule has 9 heteroatoms. The Labute approximate surface area is 186 Å². The maximum absolute atomic E-state index is 11.5. The second-order valence-electron chi connectivity index (χ2n) is 8.40. The molecule has 0 radical (unpaired) electrons. The normalized spacial score (nSPS) is 16.5. The van der Waals surface area contributed by atoms with Crippen LogP contribution in [0.3, 0.4) is 0 Å². The number of carbonyl (C=O) groups is 1. The van der Waals surface area contributed by atoms with Crippen LogP contribution in [0.1, 0.15) is 19.4 Å². The fourth-order valence-electron chi connectivity index (χ4n) is 3.90. The number of rotatable bonds is 5. The molecule has 4 rings (SSSR count). The molecular weight excluding hydrogens is 416 g/mol. The van der Waals surface area contributed by atoms with Crippen LogP contribution in [-0.2, 0) is 4.79 Å². The molecule has 2 aliphatic rings. The number of benzene rings is 1. The largest absolute Gasteiger partial charge is 0.497 e. The highest BCUT2D eigenvalue weighted by molar-refractivity contribution is 7.15. The third kappa shape index (κ3) is 4.20. The van der Waals surface area contributed by atoms with E-state index in [0.717, 1.165) is 65.5 Å². The van der Waals surface area contributed by atoms with Crippen molar-refractivity contribution >= 4 is 39.5 Å². The first-order valence-corrected chi connectivity index (χ1v) is 11.1. The third-order valence-corrected chi connectivity index (χ3v) is 6.62. The summed E-state index contributed by atoms with van der Waals surface area (Å²) in [4.78, 5) is 21.0. The van der Waals surface area contributed by atoms with Crippen molar-refractivity contribution in [3.05, 3.63) is 29.1 Å². The summed E-state index contributed by atoms with van der Waals surface area (Å²) in [6, 6.07) is 5.82. The maximum atomic E-state index is 11.5. The number of amidine groups is 1. The van der Waals surface area contributed by atoms with Crippen LogP contribution in [0, 0.1) is 5.41 Å². The number of thiophene rings is 1. The zero-order chi connectivity index (χ0) is 22.2. The monoisotopic (exact) mass is 444 g/mol. The predicted molar refractivity (Wildman–Crippen MR) is 123 cm³/mol. The summed E-state index contributed by atoms with van der Waals surface area (Å²) in [5, 5.41) is 15.9. The minimum Gasteiger partial charge on any atom is -0.497 e. The molecule has 1 fully saturated rings. The van der Waals surface area contributed by atoms with Crippen molar-refractivity contribution in [2.24, 2.45) is 10.4 Å². The van der Waals surface area contributed by atoms with Gasteiger partial charge in [0.1, 0.15) is 22.3 Å². The molecule has 0 aliphatic carbocycles. The lowest BCUT2D eigenvalue weighted by Crippen LogP contribution is -2.52. The van der Waals surface area contributed by atoms with Crippen molar-refractivity contribution < 1.29 is 19.4 Å². The van der Waals surface area contributed by atoms with Gasteiger partial charge in [0.05, 0.1) is 36.6 Å². The number of hydrogen-bond donors (Lipinski definition) is 2. The highest BCUT2D eigenvalue weighted by Crippen LogP contribution is 2.43. The van der Waals surface area contributed by atoms with E-state index < -0.39 is 11.4 Å². The van der Waals surface area contributed by atoms with Crippen molar-refractivity contribution in [1.29, 1.82) is 0 Å². The Morgan fingerprint density at radius 1 is 1.23 bits per heavy atom. The van der Waals surface area contributed by atoms with E-state index in [1.54, 1.807) is 39.4 Å². The SMILES string of the molecule is COc1ccc2c(c1)N=C(N1CCN(CC(C)(C)C(=O)O)CC1)c1c(OC)csc1N2. The zero-order valence-electron chi connectivity index (χ0n) is 18.3. The summed E-state index contributed by atoms with van der Waals surface area (Å²) in [6.07, 6.45) is 0. The molecule has 8 nitrogen and oxygen atoms in total. The van der Waals surface area contributed by atoms with E-state index in [1.165, 1.54) is 0 Å². The van der Waals surface area contributed by atoms with Gasteiger partial charge in [0.25, 0.3) is 0 Å². The average Bonchev–Trinajstić information content (AvgIpc) is 3.08. The molecule has 2 N–H and O–H groups in total. The van der Waals surface area contributed by atoms with Gasteiger partial charge in [-0.25, -0.2) is 4.99 Å². The van der Waals surface area contributed by atoms with Crippen molar-refractivity contribution in [2.75, 3.05) is 52.3 Å². The molecule has 0 bridgehead atoms. The Bertz CT molecular complexity index is 1010. The molecule has 1 saturated heterocycles. The number of piperazine rings is 1. The molecular formula is C22H28N4O4S. The van der Waals surface area contributed by atoms with Crippen LogP contribution in [0.4, 0.5) is 16.4 Å². The summed E-state index contributed by atoms with van der Waals surface area (Å²) >= 11 is 1.59. The van der Waals surface area contributed by atoms with E-state index in [0.29, 0.717) is 6.54 Å². The number of aliphatic imine (C=N–C) groups is 1. The summed E-state index contributed by atoms with van der Waals surface area (Å²) in [5.74, 6) is 1.64. The van der Waals surface area contributed by atoms with Crippen molar-refractivity contribution in [3.63, 3.8) is 0 Å². The number of nitrogens with one attached hydrogen (secondary N) is 1. The van der Waals surface area contributed by atoms with Gasteiger partial charge < -0.3 is 24.8 Å². The fourth-order valence-corrected chi connectivity index (χ4v) is 4.82. The molecule has 2 aliphatic heterocycles. The molecule has 0 unspecified atom stereocenters. The molecule has 3 heterocycles. The number of carboxylic acid groups (broad SMARTS) is 1. The Morgan fingerprint density at radius 2 is 1.97 bits per heavy atom. The molecule has 31 heavy (non-hydrogen) atoms. The minimum absolute atomic E-state index is 0.525. The number of methoxy groups -OCH3 is 2. The van der Waals surface area contributed by atoms with E-state index in [9.17, 15) is 9.90 Å². The number of nitrogens with zero attached hydrogens (tertiary/aromatic N) is 3. The zero-order valence-corrected chi connectivity index (χ0v) is 19.1. The van der Waals surface area contributed by atoms with E-state index >= 15 is 0 Å². The first kappa shape index (κ1) is 21.5. The minimum atomic E-state index is -0.773. The van der Waals surface area contributed by atoms with Crippen LogP contribution in [0.2, 0.25) is 0 Å². The lowest BCUT2D eigenvalue weighted by Gasteiger charge is -2.38. The Morgan fingerprint density at radius 3 is 2.61 bits per heavy atom. The number of fused-ring (bicyclic) bond motifs is 2. The van der Waals surface area contributed by atoms with Crippen LogP contribution in [0.15, 0.2) is 28.6 Å². The van der Waals surface area contributed by atoms with E-state index in [-0.39, 0.29) is 0 Å². The van der Waals surface area contributed by atoms with Crippen molar-refractivity contribution in [1.82, 2.24) is 9.80 Å². The molecule has 0 atom stereocenters. The molecule has 1 aromatic carbocycles. The molecule has 0 amide bonds. The molecule has 166 valence electrons. The van der Waals surface area contributed by atoms with Gasteiger partial charge in [0.2, 0.25) is 0 Å². The molecule has 1 aromatic heterocycles.